The van der Waals surface area contributed by atoms with E-state index in [4.69, 9.17) is 5.41 Å². The molecule has 0 aromatic carbocycles. The van der Waals surface area contributed by atoms with Gasteiger partial charge in [0.15, 0.2) is 0 Å². The van der Waals surface area contributed by atoms with Gasteiger partial charge in [0.05, 0.1) is 0 Å². The van der Waals surface area contributed by atoms with Crippen molar-refractivity contribution in [3.8, 4) is 0 Å². The monoisotopic (exact) mass is 373 g/mol. The molecular formula is C17H33N4O3S-. The minimum Gasteiger partial charge on any atom is -0.862 e. The lowest BCUT2D eigenvalue weighted by Crippen LogP contribution is -2.50. The minimum atomic E-state index is -0.900. The van der Waals surface area contributed by atoms with Crippen LogP contribution in [0.2, 0.25) is 0 Å². The molecule has 8 heteroatoms. The number of rotatable bonds is 14. The Morgan fingerprint density at radius 1 is 1.16 bits per heavy atom. The minimum absolute atomic E-state index is 0.154. The van der Waals surface area contributed by atoms with Crippen LogP contribution in [0.4, 0.5) is 0 Å². The first-order valence-electron chi connectivity index (χ1n) is 8.71. The number of thioether (sulfide) groups is 1. The quantitative estimate of drug-likeness (QED) is 0.263. The molecule has 7 nitrogen and oxygen atoms in total. The zero-order valence-corrected chi connectivity index (χ0v) is 16.8. The summed E-state index contributed by atoms with van der Waals surface area (Å²) in [6.07, 6.45) is 5.75. The first-order valence-corrected chi connectivity index (χ1v) is 10.1. The molecule has 0 aromatic rings. The van der Waals surface area contributed by atoms with Crippen molar-refractivity contribution >= 4 is 29.5 Å². The van der Waals surface area contributed by atoms with Crippen LogP contribution in [0.15, 0.2) is 0 Å². The van der Waals surface area contributed by atoms with Gasteiger partial charge in [0.1, 0.15) is 6.04 Å². The molecule has 25 heavy (non-hydrogen) atoms. The van der Waals surface area contributed by atoms with Crippen molar-refractivity contribution in [3.05, 3.63) is 0 Å². The van der Waals surface area contributed by atoms with Gasteiger partial charge in [0.2, 0.25) is 11.8 Å². The Hall–Kier alpha value is -1.28. The Balaban J connectivity index is 4.48. The third kappa shape index (κ3) is 11.8. The Kier molecular flexibility index (Phi) is 13.2. The van der Waals surface area contributed by atoms with Gasteiger partial charge in [-0.1, -0.05) is 6.42 Å². The molecule has 2 N–H and O–H groups in total. The van der Waals surface area contributed by atoms with Crippen molar-refractivity contribution in [2.75, 3.05) is 46.2 Å². The molecule has 0 aromatic heterocycles. The molecule has 146 valence electrons. The van der Waals surface area contributed by atoms with E-state index in [2.05, 4.69) is 11.6 Å². The fourth-order valence-electron chi connectivity index (χ4n) is 2.36. The van der Waals surface area contributed by atoms with E-state index in [1.165, 1.54) is 11.9 Å². The van der Waals surface area contributed by atoms with Crippen LogP contribution in [0.3, 0.4) is 0 Å². The second kappa shape index (κ2) is 13.9. The molecule has 0 aliphatic heterocycles. The molecule has 0 bridgehead atoms. The fourth-order valence-corrected chi connectivity index (χ4v) is 2.85. The lowest BCUT2D eigenvalue weighted by atomic mass is 10.1. The van der Waals surface area contributed by atoms with Crippen molar-refractivity contribution < 1.29 is 14.7 Å². The van der Waals surface area contributed by atoms with Gasteiger partial charge in [-0.05, 0) is 57.8 Å². The van der Waals surface area contributed by atoms with Crippen molar-refractivity contribution in [2.24, 2.45) is 0 Å². The summed E-state index contributed by atoms with van der Waals surface area (Å²) >= 11 is 1.78. The molecule has 0 heterocycles. The zero-order valence-electron chi connectivity index (χ0n) is 16.0. The summed E-state index contributed by atoms with van der Waals surface area (Å²) < 4.78 is 0. The highest BCUT2D eigenvalue weighted by Crippen LogP contribution is 2.10. The maximum Gasteiger partial charge on any atom is 0.243 e. The topological polar surface area (TPSA) is 99.6 Å². The molecule has 0 fully saturated rings. The summed E-state index contributed by atoms with van der Waals surface area (Å²) in [7, 11) is 5.45. The number of nitrogens with one attached hydrogen (secondary N) is 2. The third-order valence-electron chi connectivity index (χ3n) is 3.86. The van der Waals surface area contributed by atoms with E-state index < -0.39 is 11.9 Å². The van der Waals surface area contributed by atoms with Gasteiger partial charge in [-0.25, -0.2) is 0 Å². The molecule has 0 rings (SSSR count). The van der Waals surface area contributed by atoms with E-state index >= 15 is 0 Å². The van der Waals surface area contributed by atoms with Gasteiger partial charge in [0, 0.05) is 26.4 Å². The average Bonchev–Trinajstić information content (AvgIpc) is 2.55. The highest BCUT2D eigenvalue weighted by Gasteiger charge is 2.26. The van der Waals surface area contributed by atoms with E-state index in [0.29, 0.717) is 13.0 Å². The lowest BCUT2D eigenvalue weighted by molar-refractivity contribution is -0.221. The van der Waals surface area contributed by atoms with Gasteiger partial charge in [-0.15, -0.1) is 0 Å². The van der Waals surface area contributed by atoms with Crippen LogP contribution in [-0.2, 0) is 9.59 Å². The van der Waals surface area contributed by atoms with Gasteiger partial charge >= 0.3 is 0 Å². The molecule has 1 atom stereocenters. The summed E-state index contributed by atoms with van der Waals surface area (Å²) in [5, 5.41) is 21.1. The second-order valence-corrected chi connectivity index (χ2v) is 7.38. The van der Waals surface area contributed by atoms with E-state index in [1.54, 1.807) is 11.8 Å². The van der Waals surface area contributed by atoms with E-state index in [9.17, 15) is 14.7 Å². The number of amides is 2. The number of likely N-dealkylation sites (N-methyl/N-ethyl adjacent to an activating group) is 1. The summed E-state index contributed by atoms with van der Waals surface area (Å²) in [5.74, 6) is -0.278. The molecule has 1 unspecified atom stereocenters. The van der Waals surface area contributed by atoms with Crippen molar-refractivity contribution in [2.45, 2.75) is 44.6 Å². The highest BCUT2D eigenvalue weighted by atomic mass is 32.2. The van der Waals surface area contributed by atoms with E-state index in [1.807, 2.05) is 19.0 Å². The molecule has 2 amide bonds. The Bertz CT molecular complexity index is 419. The number of nitrogens with zero attached hydrogens (tertiary/aromatic N) is 2. The SMILES string of the molecule is CSCCCCCC(=O)N(C)C(CC(=N)[O-])C(=O)NCCCN(C)C. The van der Waals surface area contributed by atoms with Crippen LogP contribution >= 0.6 is 11.8 Å². The molecule has 0 spiro atoms. The normalized spacial score (nSPS) is 12.0. The fraction of sp³-hybridized carbons (Fsp3) is 0.824. The van der Waals surface area contributed by atoms with Gasteiger partial charge in [-0.3, -0.25) is 9.59 Å². The zero-order chi connectivity index (χ0) is 19.2. The third-order valence-corrected chi connectivity index (χ3v) is 4.56. The Morgan fingerprint density at radius 3 is 2.40 bits per heavy atom. The molecule has 0 saturated carbocycles. The van der Waals surface area contributed by atoms with Crippen molar-refractivity contribution in [1.29, 1.82) is 5.41 Å². The number of carbonyl (C=O) groups excluding carboxylic acids is 2. The first-order chi connectivity index (χ1) is 11.8. The highest BCUT2D eigenvalue weighted by molar-refractivity contribution is 7.98. The number of unbranched alkanes of at least 4 members (excludes halogenated alkanes) is 2. The predicted octanol–water partition coefficient (Wildman–Crippen LogP) is 0.532. The van der Waals surface area contributed by atoms with Crippen LogP contribution < -0.4 is 10.4 Å². The first kappa shape index (κ1) is 23.7. The van der Waals surface area contributed by atoms with E-state index in [0.717, 1.165) is 38.0 Å². The van der Waals surface area contributed by atoms with Gasteiger partial charge in [0.25, 0.3) is 0 Å². The Labute approximate surface area is 156 Å². The Morgan fingerprint density at radius 2 is 1.84 bits per heavy atom. The predicted molar refractivity (Wildman–Crippen MR) is 102 cm³/mol. The van der Waals surface area contributed by atoms with Gasteiger partial charge in [-0.2, -0.15) is 11.8 Å². The van der Waals surface area contributed by atoms with Crippen molar-refractivity contribution in [3.63, 3.8) is 0 Å². The van der Waals surface area contributed by atoms with Crippen molar-refractivity contribution in [1.82, 2.24) is 15.1 Å². The largest absolute Gasteiger partial charge is 0.862 e. The lowest BCUT2D eigenvalue weighted by Gasteiger charge is -2.29. The number of hydrogen-bond donors (Lipinski definition) is 2. The molecule has 0 radical (unpaired) electrons. The smallest absolute Gasteiger partial charge is 0.243 e. The summed E-state index contributed by atoms with van der Waals surface area (Å²) in [6.45, 7) is 1.32. The molecular weight excluding hydrogens is 340 g/mol. The molecule has 0 saturated heterocycles. The van der Waals surface area contributed by atoms with Crippen LogP contribution in [0.1, 0.15) is 38.5 Å². The summed E-state index contributed by atoms with van der Waals surface area (Å²) in [6, 6.07) is -0.900. The molecule has 0 aliphatic carbocycles. The van der Waals surface area contributed by atoms with Crippen LogP contribution in [0.5, 0.6) is 0 Å². The summed E-state index contributed by atoms with van der Waals surface area (Å²) in [5.41, 5.74) is 0. The number of hydrogen-bond acceptors (Lipinski definition) is 6. The maximum atomic E-state index is 12.3. The van der Waals surface area contributed by atoms with E-state index in [-0.39, 0.29) is 18.2 Å². The summed E-state index contributed by atoms with van der Waals surface area (Å²) in [4.78, 5) is 28.0. The standard InChI is InChI=1S/C17H34N4O3S/c1-20(2)11-8-10-19-17(24)14(13-15(18)22)21(3)16(23)9-6-5-7-12-25-4/h14H,5-13H2,1-4H3,(H2,18,22)(H,19,24)/p-1. The second-order valence-electron chi connectivity index (χ2n) is 6.40. The average molecular weight is 374 g/mol. The molecule has 0 aliphatic rings. The van der Waals surface area contributed by atoms with Crippen LogP contribution in [0.25, 0.3) is 0 Å². The van der Waals surface area contributed by atoms with Gasteiger partial charge < -0.3 is 25.6 Å². The van der Waals surface area contributed by atoms with Crippen LogP contribution in [0, 0.1) is 5.41 Å². The van der Waals surface area contributed by atoms with Crippen LogP contribution in [-0.4, -0.2) is 79.8 Å². The maximum absolute atomic E-state index is 12.3. The number of carbonyl (C=O) groups is 2.